The zero-order valence-electron chi connectivity index (χ0n) is 20.4. The Morgan fingerprint density at radius 1 is 0.943 bits per heavy atom. The topological polar surface area (TPSA) is 106 Å². The molecule has 2 aromatic rings. The number of benzene rings is 2. The molecule has 9 heteroatoms. The Kier molecular flexibility index (Phi) is 9.48. The molecule has 0 bridgehead atoms. The maximum atomic E-state index is 13.0. The summed E-state index contributed by atoms with van der Waals surface area (Å²) in [6, 6.07) is 13.1. The Balaban J connectivity index is 1.69. The molecule has 188 valence electrons. The van der Waals surface area contributed by atoms with Crippen LogP contribution in [0.2, 0.25) is 0 Å². The van der Waals surface area contributed by atoms with Crippen molar-refractivity contribution in [3.05, 3.63) is 59.7 Å². The molecule has 0 spiro atoms. The van der Waals surface area contributed by atoms with Crippen molar-refractivity contribution >= 4 is 17.7 Å². The highest BCUT2D eigenvalue weighted by molar-refractivity contribution is 5.98. The number of rotatable bonds is 10. The standard InChI is InChI=1S/C26H33N3O6/c1-33-15-12-27-25(31)23(28-24(30)19-6-4-8-21(16-19)34-2)18-10-13-29(14-11-18)26(32)20-7-5-9-22(17-20)35-3/h4-9,16-18,23H,10-15H2,1-3H3,(H,27,31)(H,28,30)/t23-/m0/s1. The van der Waals surface area contributed by atoms with Gasteiger partial charge in [-0.15, -0.1) is 0 Å². The van der Waals surface area contributed by atoms with Gasteiger partial charge in [0.2, 0.25) is 5.91 Å². The van der Waals surface area contributed by atoms with Gasteiger partial charge in [-0.2, -0.15) is 0 Å². The normalized spacial score (nSPS) is 14.7. The lowest BCUT2D eigenvalue weighted by atomic mass is 9.88. The van der Waals surface area contributed by atoms with Crippen LogP contribution in [0.1, 0.15) is 33.6 Å². The van der Waals surface area contributed by atoms with Crippen molar-refractivity contribution < 1.29 is 28.6 Å². The van der Waals surface area contributed by atoms with Crippen LogP contribution in [0, 0.1) is 5.92 Å². The Morgan fingerprint density at radius 3 is 2.14 bits per heavy atom. The molecule has 0 unspecified atom stereocenters. The summed E-state index contributed by atoms with van der Waals surface area (Å²) in [5.74, 6) is 0.355. The molecule has 0 aliphatic carbocycles. The molecule has 0 saturated carbocycles. The Labute approximate surface area is 205 Å². The van der Waals surface area contributed by atoms with Crippen molar-refractivity contribution in [2.75, 3.05) is 47.6 Å². The van der Waals surface area contributed by atoms with E-state index in [1.165, 1.54) is 7.11 Å². The zero-order chi connectivity index (χ0) is 25.2. The van der Waals surface area contributed by atoms with Crippen LogP contribution < -0.4 is 20.1 Å². The van der Waals surface area contributed by atoms with Crippen LogP contribution in [0.4, 0.5) is 0 Å². The van der Waals surface area contributed by atoms with E-state index in [9.17, 15) is 14.4 Å². The Hall–Kier alpha value is -3.59. The fourth-order valence-electron chi connectivity index (χ4n) is 4.15. The minimum absolute atomic E-state index is 0.0798. The van der Waals surface area contributed by atoms with E-state index in [1.807, 2.05) is 0 Å². The van der Waals surface area contributed by atoms with Gasteiger partial charge in [0.25, 0.3) is 11.8 Å². The molecule has 1 heterocycles. The lowest BCUT2D eigenvalue weighted by molar-refractivity contribution is -0.124. The van der Waals surface area contributed by atoms with Crippen LogP contribution in [0.25, 0.3) is 0 Å². The number of hydrogen-bond acceptors (Lipinski definition) is 6. The van der Waals surface area contributed by atoms with Gasteiger partial charge in [-0.1, -0.05) is 12.1 Å². The van der Waals surface area contributed by atoms with Gasteiger partial charge in [0.1, 0.15) is 17.5 Å². The Morgan fingerprint density at radius 2 is 1.54 bits per heavy atom. The van der Waals surface area contributed by atoms with E-state index in [2.05, 4.69) is 10.6 Å². The van der Waals surface area contributed by atoms with Crippen molar-refractivity contribution in [1.29, 1.82) is 0 Å². The average Bonchev–Trinajstić information content (AvgIpc) is 2.91. The minimum atomic E-state index is -0.736. The summed E-state index contributed by atoms with van der Waals surface area (Å²) in [7, 11) is 4.65. The molecule has 9 nitrogen and oxygen atoms in total. The molecular formula is C26H33N3O6. The predicted octanol–water partition coefficient (Wildman–Crippen LogP) is 2.12. The third kappa shape index (κ3) is 6.95. The molecule has 1 aliphatic rings. The monoisotopic (exact) mass is 483 g/mol. The van der Waals surface area contributed by atoms with E-state index in [-0.39, 0.29) is 23.6 Å². The largest absolute Gasteiger partial charge is 0.497 e. The van der Waals surface area contributed by atoms with Crippen LogP contribution in [-0.4, -0.2) is 76.2 Å². The van der Waals surface area contributed by atoms with Crippen molar-refractivity contribution in [3.8, 4) is 11.5 Å². The molecule has 2 aromatic carbocycles. The number of carbonyl (C=O) groups excluding carboxylic acids is 3. The van der Waals surface area contributed by atoms with E-state index >= 15 is 0 Å². The first kappa shape index (κ1) is 26.0. The fraction of sp³-hybridized carbons (Fsp3) is 0.423. The van der Waals surface area contributed by atoms with Gasteiger partial charge in [0.15, 0.2) is 0 Å². The summed E-state index contributed by atoms with van der Waals surface area (Å²) in [6.45, 7) is 1.68. The quantitative estimate of drug-likeness (QED) is 0.502. The molecule has 35 heavy (non-hydrogen) atoms. The maximum absolute atomic E-state index is 13.0. The third-order valence-electron chi connectivity index (χ3n) is 6.12. The van der Waals surface area contributed by atoms with Crippen LogP contribution >= 0.6 is 0 Å². The third-order valence-corrected chi connectivity index (χ3v) is 6.12. The van der Waals surface area contributed by atoms with Gasteiger partial charge in [0, 0.05) is 37.9 Å². The summed E-state index contributed by atoms with van der Waals surface area (Å²) in [5, 5.41) is 5.74. The van der Waals surface area contributed by atoms with Gasteiger partial charge < -0.3 is 29.7 Å². The van der Waals surface area contributed by atoms with Crippen molar-refractivity contribution in [2.45, 2.75) is 18.9 Å². The zero-order valence-corrected chi connectivity index (χ0v) is 20.4. The first-order valence-corrected chi connectivity index (χ1v) is 11.6. The van der Waals surface area contributed by atoms with Gasteiger partial charge in [0.05, 0.1) is 20.8 Å². The SMILES string of the molecule is COCCNC(=O)[C@@H](NC(=O)c1cccc(OC)c1)C1CCN(C(=O)c2cccc(OC)c2)CC1. The molecule has 3 rings (SSSR count). The maximum Gasteiger partial charge on any atom is 0.253 e. The highest BCUT2D eigenvalue weighted by Gasteiger charge is 2.34. The van der Waals surface area contributed by atoms with Crippen LogP contribution in [0.3, 0.4) is 0 Å². The van der Waals surface area contributed by atoms with E-state index < -0.39 is 6.04 Å². The van der Waals surface area contributed by atoms with E-state index in [4.69, 9.17) is 14.2 Å². The van der Waals surface area contributed by atoms with Crippen molar-refractivity contribution in [3.63, 3.8) is 0 Å². The number of nitrogens with one attached hydrogen (secondary N) is 2. The minimum Gasteiger partial charge on any atom is -0.497 e. The molecular weight excluding hydrogens is 450 g/mol. The molecule has 1 aliphatic heterocycles. The molecule has 1 atom stereocenters. The van der Waals surface area contributed by atoms with Crippen molar-refractivity contribution in [1.82, 2.24) is 15.5 Å². The van der Waals surface area contributed by atoms with Crippen molar-refractivity contribution in [2.24, 2.45) is 5.92 Å². The van der Waals surface area contributed by atoms with Gasteiger partial charge >= 0.3 is 0 Å². The fourth-order valence-corrected chi connectivity index (χ4v) is 4.15. The number of hydrogen-bond donors (Lipinski definition) is 2. The van der Waals surface area contributed by atoms with Crippen LogP contribution in [-0.2, 0) is 9.53 Å². The number of ether oxygens (including phenoxy) is 3. The lowest BCUT2D eigenvalue weighted by Gasteiger charge is -2.36. The second kappa shape index (κ2) is 12.8. The predicted molar refractivity (Wildman–Crippen MR) is 131 cm³/mol. The highest BCUT2D eigenvalue weighted by atomic mass is 16.5. The van der Waals surface area contributed by atoms with Gasteiger partial charge in [-0.3, -0.25) is 14.4 Å². The van der Waals surface area contributed by atoms with Gasteiger partial charge in [-0.25, -0.2) is 0 Å². The summed E-state index contributed by atoms with van der Waals surface area (Å²) >= 11 is 0. The summed E-state index contributed by atoms with van der Waals surface area (Å²) in [4.78, 5) is 40.7. The molecule has 0 radical (unpaired) electrons. The second-order valence-corrected chi connectivity index (χ2v) is 8.33. The summed E-state index contributed by atoms with van der Waals surface area (Å²) < 4.78 is 15.5. The van der Waals surface area contributed by atoms with Gasteiger partial charge in [-0.05, 0) is 55.2 Å². The second-order valence-electron chi connectivity index (χ2n) is 8.33. The molecule has 1 fully saturated rings. The molecule has 1 saturated heterocycles. The first-order valence-electron chi connectivity index (χ1n) is 11.6. The molecule has 0 aromatic heterocycles. The number of piperidine rings is 1. The van der Waals surface area contributed by atoms with Crippen LogP contribution in [0.5, 0.6) is 11.5 Å². The highest BCUT2D eigenvalue weighted by Crippen LogP contribution is 2.24. The number of methoxy groups -OCH3 is 3. The van der Waals surface area contributed by atoms with Crippen LogP contribution in [0.15, 0.2) is 48.5 Å². The summed E-state index contributed by atoms with van der Waals surface area (Å²) in [5.41, 5.74) is 0.965. The van der Waals surface area contributed by atoms with E-state index in [0.717, 1.165) is 0 Å². The number of amides is 3. The average molecular weight is 484 g/mol. The molecule has 3 amide bonds. The smallest absolute Gasteiger partial charge is 0.253 e. The lowest BCUT2D eigenvalue weighted by Crippen LogP contribution is -2.54. The number of nitrogens with zero attached hydrogens (tertiary/aromatic N) is 1. The van der Waals surface area contributed by atoms with E-state index in [0.29, 0.717) is 61.7 Å². The number of carbonyl (C=O) groups is 3. The first-order chi connectivity index (χ1) is 17.0. The van der Waals surface area contributed by atoms with E-state index in [1.54, 1.807) is 67.7 Å². The molecule has 2 N–H and O–H groups in total. The summed E-state index contributed by atoms with van der Waals surface area (Å²) in [6.07, 6.45) is 1.16. The Bertz CT molecular complexity index is 1020. The number of likely N-dealkylation sites (tertiary alicyclic amines) is 1.